The highest BCUT2D eigenvalue weighted by Crippen LogP contribution is 2.26. The van der Waals surface area contributed by atoms with Crippen LogP contribution in [-0.4, -0.2) is 24.9 Å². The monoisotopic (exact) mass is 265 g/mol. The first kappa shape index (κ1) is 14.3. The Morgan fingerprint density at radius 3 is 2.79 bits per heavy atom. The molecule has 1 atom stereocenters. The summed E-state index contributed by atoms with van der Waals surface area (Å²) in [6, 6.07) is 5.80. The molecule has 0 amide bonds. The Morgan fingerprint density at radius 2 is 2.11 bits per heavy atom. The second-order valence-corrected chi connectivity index (χ2v) is 5.13. The third-order valence-corrected chi connectivity index (χ3v) is 3.57. The first-order valence-electron chi connectivity index (χ1n) is 6.92. The van der Waals surface area contributed by atoms with E-state index in [0.29, 0.717) is 18.4 Å². The van der Waals surface area contributed by atoms with E-state index in [4.69, 9.17) is 9.57 Å². The summed E-state index contributed by atoms with van der Waals surface area (Å²) in [4.78, 5) is 5.55. The number of rotatable bonds is 6. The lowest BCUT2D eigenvalue weighted by atomic mass is 10.1. The van der Waals surface area contributed by atoms with Gasteiger partial charge in [-0.05, 0) is 31.9 Å². The third kappa shape index (κ3) is 3.93. The molecule has 0 bridgehead atoms. The lowest BCUT2D eigenvalue weighted by Gasteiger charge is -2.17. The van der Waals surface area contributed by atoms with Crippen molar-refractivity contribution in [1.29, 1.82) is 0 Å². The van der Waals surface area contributed by atoms with Gasteiger partial charge in [0.1, 0.15) is 5.75 Å². The molecular weight excluding hydrogens is 242 g/mol. The molecule has 0 saturated heterocycles. The van der Waals surface area contributed by atoms with Crippen molar-refractivity contribution in [3.05, 3.63) is 29.3 Å². The van der Waals surface area contributed by atoms with Gasteiger partial charge in [0.25, 0.3) is 0 Å². The van der Waals surface area contributed by atoms with Gasteiger partial charge in [0.05, 0.1) is 25.9 Å². The van der Waals surface area contributed by atoms with Crippen molar-refractivity contribution in [2.75, 3.05) is 13.7 Å². The fraction of sp³-hybridized carbons (Fsp3) is 0.600. The summed E-state index contributed by atoms with van der Waals surface area (Å²) in [5.74, 6) is 0.709. The minimum Gasteiger partial charge on any atom is -0.496 e. The molecular formula is C15H23NO3. The predicted octanol–water partition coefficient (Wildman–Crippen LogP) is 2.50. The molecule has 1 unspecified atom stereocenters. The Morgan fingerprint density at radius 1 is 1.37 bits per heavy atom. The van der Waals surface area contributed by atoms with E-state index < -0.39 is 6.10 Å². The van der Waals surface area contributed by atoms with Gasteiger partial charge in [-0.2, -0.15) is 5.48 Å². The van der Waals surface area contributed by atoms with Gasteiger partial charge in [0.15, 0.2) is 0 Å². The number of hydroxylamine groups is 1. The van der Waals surface area contributed by atoms with Gasteiger partial charge >= 0.3 is 0 Å². The number of aryl methyl sites for hydroxylation is 1. The van der Waals surface area contributed by atoms with Crippen LogP contribution < -0.4 is 10.2 Å². The first-order valence-corrected chi connectivity index (χ1v) is 6.92. The summed E-state index contributed by atoms with van der Waals surface area (Å²) in [5.41, 5.74) is 4.79. The molecule has 1 aromatic carbocycles. The minimum atomic E-state index is -0.628. The van der Waals surface area contributed by atoms with Crippen molar-refractivity contribution >= 4 is 0 Å². The third-order valence-electron chi connectivity index (χ3n) is 3.57. The quantitative estimate of drug-likeness (QED) is 0.776. The van der Waals surface area contributed by atoms with E-state index in [1.54, 1.807) is 7.11 Å². The van der Waals surface area contributed by atoms with Crippen LogP contribution in [0, 0.1) is 6.92 Å². The maximum atomic E-state index is 10.2. The van der Waals surface area contributed by atoms with Gasteiger partial charge < -0.3 is 9.84 Å². The van der Waals surface area contributed by atoms with Crippen LogP contribution in [0.4, 0.5) is 0 Å². The van der Waals surface area contributed by atoms with E-state index in [1.165, 1.54) is 12.8 Å². The molecule has 0 aliphatic heterocycles. The zero-order valence-corrected chi connectivity index (χ0v) is 11.7. The average Bonchev–Trinajstić information content (AvgIpc) is 2.91. The molecule has 1 aliphatic rings. The number of aliphatic hydroxyl groups excluding tert-OH is 1. The van der Waals surface area contributed by atoms with Crippen molar-refractivity contribution < 1.29 is 14.7 Å². The van der Waals surface area contributed by atoms with E-state index >= 15 is 0 Å². The van der Waals surface area contributed by atoms with Crippen molar-refractivity contribution in [3.63, 3.8) is 0 Å². The van der Waals surface area contributed by atoms with Crippen molar-refractivity contribution in [2.45, 2.75) is 44.8 Å². The van der Waals surface area contributed by atoms with Gasteiger partial charge in [-0.3, -0.25) is 4.84 Å². The molecule has 2 rings (SSSR count). The minimum absolute atomic E-state index is 0.298. The SMILES string of the molecule is COc1ccc(C)cc1C(O)CNOC1CCCC1. The van der Waals surface area contributed by atoms with E-state index in [-0.39, 0.29) is 0 Å². The van der Waals surface area contributed by atoms with Gasteiger partial charge in [0, 0.05) is 5.56 Å². The number of aliphatic hydroxyl groups is 1. The molecule has 0 heterocycles. The average molecular weight is 265 g/mol. The second kappa shape index (κ2) is 6.89. The summed E-state index contributed by atoms with van der Waals surface area (Å²) < 4.78 is 5.27. The van der Waals surface area contributed by atoms with E-state index in [9.17, 15) is 5.11 Å². The van der Waals surface area contributed by atoms with Gasteiger partial charge in [-0.1, -0.05) is 24.5 Å². The Hall–Kier alpha value is -1.10. The standard InChI is InChI=1S/C15H23NO3/c1-11-7-8-15(18-2)13(9-11)14(17)10-16-19-12-5-3-4-6-12/h7-9,12,14,16-17H,3-6,10H2,1-2H3. The normalized spacial score (nSPS) is 17.6. The Kier molecular flexibility index (Phi) is 5.19. The van der Waals surface area contributed by atoms with Crippen LogP contribution in [0.25, 0.3) is 0 Å². The lowest BCUT2D eigenvalue weighted by molar-refractivity contribution is -0.0374. The molecule has 106 valence electrons. The second-order valence-electron chi connectivity index (χ2n) is 5.13. The van der Waals surface area contributed by atoms with Crippen molar-refractivity contribution in [3.8, 4) is 5.75 Å². The molecule has 0 radical (unpaired) electrons. The van der Waals surface area contributed by atoms with Gasteiger partial charge in [0.2, 0.25) is 0 Å². The summed E-state index contributed by atoms with van der Waals surface area (Å²) in [5, 5.41) is 10.2. The van der Waals surface area contributed by atoms with Crippen LogP contribution in [0.1, 0.15) is 42.9 Å². The number of benzene rings is 1. The van der Waals surface area contributed by atoms with E-state index in [0.717, 1.165) is 24.0 Å². The summed E-state index contributed by atoms with van der Waals surface area (Å²) in [7, 11) is 1.61. The number of hydrogen-bond acceptors (Lipinski definition) is 4. The molecule has 1 aromatic rings. The van der Waals surface area contributed by atoms with Crippen molar-refractivity contribution in [1.82, 2.24) is 5.48 Å². The van der Waals surface area contributed by atoms with Crippen LogP contribution in [0.5, 0.6) is 5.75 Å². The van der Waals surface area contributed by atoms with Crippen LogP contribution in [0.3, 0.4) is 0 Å². The molecule has 19 heavy (non-hydrogen) atoms. The fourth-order valence-corrected chi connectivity index (χ4v) is 2.48. The number of nitrogens with one attached hydrogen (secondary N) is 1. The van der Waals surface area contributed by atoms with Crippen LogP contribution in [-0.2, 0) is 4.84 Å². The molecule has 0 spiro atoms. The number of methoxy groups -OCH3 is 1. The fourth-order valence-electron chi connectivity index (χ4n) is 2.48. The molecule has 0 aromatic heterocycles. The zero-order chi connectivity index (χ0) is 13.7. The van der Waals surface area contributed by atoms with E-state index in [1.807, 2.05) is 25.1 Å². The predicted molar refractivity (Wildman–Crippen MR) is 74.0 cm³/mol. The van der Waals surface area contributed by atoms with Crippen LogP contribution in [0.2, 0.25) is 0 Å². The number of ether oxygens (including phenoxy) is 1. The van der Waals surface area contributed by atoms with E-state index in [2.05, 4.69) is 5.48 Å². The maximum absolute atomic E-state index is 10.2. The van der Waals surface area contributed by atoms with Crippen molar-refractivity contribution in [2.24, 2.45) is 0 Å². The highest BCUT2D eigenvalue weighted by atomic mass is 16.7. The van der Waals surface area contributed by atoms with Crippen LogP contribution >= 0.6 is 0 Å². The Labute approximate surface area is 114 Å². The smallest absolute Gasteiger partial charge is 0.124 e. The molecule has 1 fully saturated rings. The van der Waals surface area contributed by atoms with Gasteiger partial charge in [-0.25, -0.2) is 0 Å². The molecule has 1 saturated carbocycles. The molecule has 1 aliphatic carbocycles. The summed E-state index contributed by atoms with van der Waals surface area (Å²) in [6.45, 7) is 2.37. The highest BCUT2D eigenvalue weighted by Gasteiger charge is 2.17. The van der Waals surface area contributed by atoms with Gasteiger partial charge in [-0.15, -0.1) is 0 Å². The number of hydrogen-bond donors (Lipinski definition) is 2. The molecule has 4 nitrogen and oxygen atoms in total. The summed E-state index contributed by atoms with van der Waals surface area (Å²) >= 11 is 0. The molecule has 2 N–H and O–H groups in total. The van der Waals surface area contributed by atoms with Crippen LogP contribution in [0.15, 0.2) is 18.2 Å². The summed E-state index contributed by atoms with van der Waals surface area (Å²) in [6.07, 6.45) is 4.36. The topological polar surface area (TPSA) is 50.7 Å². The largest absolute Gasteiger partial charge is 0.496 e. The Bertz CT molecular complexity index is 402. The lowest BCUT2D eigenvalue weighted by Crippen LogP contribution is -2.26. The molecule has 4 heteroatoms. The Balaban J connectivity index is 1.87. The first-order chi connectivity index (χ1) is 9.20. The highest BCUT2D eigenvalue weighted by molar-refractivity contribution is 5.38. The zero-order valence-electron chi connectivity index (χ0n) is 11.7. The maximum Gasteiger partial charge on any atom is 0.124 e.